The van der Waals surface area contributed by atoms with Gasteiger partial charge in [-0.25, -0.2) is 9.40 Å². The lowest BCUT2D eigenvalue weighted by Gasteiger charge is -2.27. The van der Waals surface area contributed by atoms with Crippen LogP contribution in [0.2, 0.25) is 5.02 Å². The van der Waals surface area contributed by atoms with Crippen LogP contribution in [0.25, 0.3) is 0 Å². The third kappa shape index (κ3) is 3.83. The highest BCUT2D eigenvalue weighted by molar-refractivity contribution is 6.40. The number of nitrogens with zero attached hydrogens (tertiary/aromatic N) is 3. The molecule has 7 heteroatoms. The van der Waals surface area contributed by atoms with Crippen molar-refractivity contribution in [1.82, 2.24) is 10.4 Å². The fourth-order valence-corrected chi connectivity index (χ4v) is 5.56. The number of amides is 1. The minimum atomic E-state index is -0.294. The molecule has 2 fully saturated rings. The Morgan fingerprint density at radius 2 is 1.77 bits per heavy atom. The van der Waals surface area contributed by atoms with Gasteiger partial charge in [0.25, 0.3) is 5.91 Å². The van der Waals surface area contributed by atoms with Gasteiger partial charge in [-0.1, -0.05) is 49.2 Å². The molecule has 3 aliphatic rings. The van der Waals surface area contributed by atoms with Gasteiger partial charge in [-0.2, -0.15) is 5.10 Å². The molecule has 162 valence electrons. The lowest BCUT2D eigenvalue weighted by Crippen LogP contribution is -2.45. The first-order chi connectivity index (χ1) is 15.0. The van der Waals surface area contributed by atoms with E-state index < -0.39 is 0 Å². The van der Waals surface area contributed by atoms with Crippen LogP contribution in [0.1, 0.15) is 37.8 Å². The summed E-state index contributed by atoms with van der Waals surface area (Å²) in [6.45, 7) is 3.81. The molecule has 2 heterocycles. The maximum Gasteiger partial charge on any atom is 0.282 e. The summed E-state index contributed by atoms with van der Waals surface area (Å²) in [4.78, 5) is 13.2. The standard InChI is InChI=1S/C24H26ClFN4O/c1-15-22(24(31)28-29-13-17-5-4-6-18(17)14-29)27-30(21-8-3-2-7-20(21)25)23(15)16-9-11-19(26)12-10-16/h2-3,7-12,15,17-18,23H,4-6,13-14H2,1H3,(H,28,31). The first-order valence-electron chi connectivity index (χ1n) is 10.9. The fourth-order valence-electron chi connectivity index (χ4n) is 5.34. The zero-order valence-corrected chi connectivity index (χ0v) is 18.2. The topological polar surface area (TPSA) is 47.9 Å². The van der Waals surface area contributed by atoms with Crippen LogP contribution in [0.5, 0.6) is 0 Å². The first kappa shape index (κ1) is 20.5. The number of fused-ring (bicyclic) bond motifs is 1. The maximum absolute atomic E-state index is 13.6. The summed E-state index contributed by atoms with van der Waals surface area (Å²) in [5.74, 6) is 0.722. The summed E-state index contributed by atoms with van der Waals surface area (Å²) in [5.41, 5.74) is 5.17. The molecule has 5 nitrogen and oxygen atoms in total. The third-order valence-corrected chi connectivity index (χ3v) is 7.23. The van der Waals surface area contributed by atoms with Gasteiger partial charge in [0.05, 0.1) is 16.8 Å². The number of hydrogen-bond acceptors (Lipinski definition) is 4. The second-order valence-electron chi connectivity index (χ2n) is 8.86. The Morgan fingerprint density at radius 1 is 1.10 bits per heavy atom. The second kappa shape index (κ2) is 8.24. The molecule has 0 aromatic heterocycles. The van der Waals surface area contributed by atoms with Crippen molar-refractivity contribution in [2.24, 2.45) is 22.9 Å². The molecule has 5 rings (SSSR count). The smallest absolute Gasteiger partial charge is 0.282 e. The van der Waals surface area contributed by atoms with Crippen molar-refractivity contribution in [2.75, 3.05) is 18.1 Å². The molecule has 1 aliphatic carbocycles. The number of nitrogens with one attached hydrogen (secondary N) is 1. The summed E-state index contributed by atoms with van der Waals surface area (Å²) in [6.07, 6.45) is 3.80. The summed E-state index contributed by atoms with van der Waals surface area (Å²) in [6, 6.07) is 13.6. The van der Waals surface area contributed by atoms with Crippen molar-refractivity contribution in [1.29, 1.82) is 0 Å². The molecule has 2 aromatic rings. The quantitative estimate of drug-likeness (QED) is 0.743. The van der Waals surface area contributed by atoms with Crippen LogP contribution >= 0.6 is 11.6 Å². The molecule has 0 spiro atoms. The molecule has 2 aromatic carbocycles. The van der Waals surface area contributed by atoms with Gasteiger partial charge in [0, 0.05) is 19.0 Å². The van der Waals surface area contributed by atoms with Crippen LogP contribution < -0.4 is 10.4 Å². The number of hydrazone groups is 1. The molecular weight excluding hydrogens is 415 g/mol. The number of rotatable bonds is 4. The fraction of sp³-hybridized carbons (Fsp3) is 0.417. The van der Waals surface area contributed by atoms with Gasteiger partial charge < -0.3 is 0 Å². The van der Waals surface area contributed by atoms with Crippen LogP contribution in [0.4, 0.5) is 10.1 Å². The lowest BCUT2D eigenvalue weighted by molar-refractivity contribution is -0.119. The second-order valence-corrected chi connectivity index (χ2v) is 9.27. The Hall–Kier alpha value is -2.44. The molecule has 1 saturated carbocycles. The van der Waals surface area contributed by atoms with E-state index in [0.717, 1.165) is 24.3 Å². The number of carbonyl (C=O) groups excluding carboxylic acids is 1. The Bertz CT molecular complexity index is 999. The predicted molar refractivity (Wildman–Crippen MR) is 120 cm³/mol. The van der Waals surface area contributed by atoms with E-state index in [4.69, 9.17) is 16.7 Å². The molecule has 4 atom stereocenters. The summed E-state index contributed by atoms with van der Waals surface area (Å²) in [5, 5.41) is 9.13. The minimum Gasteiger partial charge on any atom is -0.284 e. The highest BCUT2D eigenvalue weighted by Gasteiger charge is 2.42. The average Bonchev–Trinajstić information content (AvgIpc) is 3.43. The molecule has 4 unspecified atom stereocenters. The van der Waals surface area contributed by atoms with E-state index in [-0.39, 0.29) is 23.7 Å². The SMILES string of the molecule is CC1C(C(=O)NN2CC3CCCC3C2)=NN(c2ccccc2Cl)C1c1ccc(F)cc1. The van der Waals surface area contributed by atoms with E-state index >= 15 is 0 Å². The van der Waals surface area contributed by atoms with Crippen LogP contribution in [0.15, 0.2) is 53.6 Å². The zero-order chi connectivity index (χ0) is 21.5. The number of benzene rings is 2. The van der Waals surface area contributed by atoms with Gasteiger partial charge in [-0.3, -0.25) is 15.2 Å². The van der Waals surface area contributed by atoms with Crippen molar-refractivity contribution >= 4 is 28.9 Å². The maximum atomic E-state index is 13.6. The number of para-hydroxylation sites is 1. The van der Waals surface area contributed by atoms with Crippen LogP contribution in [-0.4, -0.2) is 29.7 Å². The molecular formula is C24H26ClFN4O. The molecule has 0 bridgehead atoms. The number of anilines is 1. The van der Waals surface area contributed by atoms with Crippen LogP contribution in [0.3, 0.4) is 0 Å². The summed E-state index contributed by atoms with van der Waals surface area (Å²) >= 11 is 6.47. The van der Waals surface area contributed by atoms with Gasteiger partial charge in [0.15, 0.2) is 0 Å². The summed E-state index contributed by atoms with van der Waals surface area (Å²) in [7, 11) is 0. The number of hydrogen-bond donors (Lipinski definition) is 1. The van der Waals surface area contributed by atoms with Gasteiger partial charge in [0.2, 0.25) is 0 Å². The molecule has 1 N–H and O–H groups in total. The molecule has 31 heavy (non-hydrogen) atoms. The highest BCUT2D eigenvalue weighted by Crippen LogP contribution is 2.42. The Morgan fingerprint density at radius 3 is 2.45 bits per heavy atom. The first-order valence-corrected chi connectivity index (χ1v) is 11.3. The van der Waals surface area contributed by atoms with Crippen molar-refractivity contribution in [3.63, 3.8) is 0 Å². The molecule has 1 saturated heterocycles. The van der Waals surface area contributed by atoms with E-state index in [9.17, 15) is 9.18 Å². The number of halogens is 2. The number of carbonyl (C=O) groups is 1. The van der Waals surface area contributed by atoms with Gasteiger partial charge in [-0.05, 0) is 54.5 Å². The van der Waals surface area contributed by atoms with Crippen molar-refractivity contribution < 1.29 is 9.18 Å². The van der Waals surface area contributed by atoms with E-state index in [0.29, 0.717) is 22.6 Å². The van der Waals surface area contributed by atoms with Crippen LogP contribution in [-0.2, 0) is 4.79 Å². The van der Waals surface area contributed by atoms with E-state index in [1.165, 1.54) is 31.4 Å². The van der Waals surface area contributed by atoms with Crippen molar-refractivity contribution in [3.05, 3.63) is 64.9 Å². The lowest BCUT2D eigenvalue weighted by atomic mass is 9.91. The Balaban J connectivity index is 1.43. The van der Waals surface area contributed by atoms with Gasteiger partial charge in [0.1, 0.15) is 11.5 Å². The van der Waals surface area contributed by atoms with E-state index in [1.54, 1.807) is 23.2 Å². The number of hydrazine groups is 1. The highest BCUT2D eigenvalue weighted by atomic mass is 35.5. The van der Waals surface area contributed by atoms with Crippen LogP contribution in [0, 0.1) is 23.6 Å². The van der Waals surface area contributed by atoms with Gasteiger partial charge >= 0.3 is 0 Å². The van der Waals surface area contributed by atoms with Gasteiger partial charge in [-0.15, -0.1) is 0 Å². The molecule has 1 amide bonds. The summed E-state index contributed by atoms with van der Waals surface area (Å²) < 4.78 is 13.6. The van der Waals surface area contributed by atoms with E-state index in [2.05, 4.69) is 10.4 Å². The third-order valence-electron chi connectivity index (χ3n) is 6.91. The monoisotopic (exact) mass is 440 g/mol. The van der Waals surface area contributed by atoms with Crippen molar-refractivity contribution in [2.45, 2.75) is 32.2 Å². The zero-order valence-electron chi connectivity index (χ0n) is 17.5. The molecule has 0 radical (unpaired) electrons. The minimum absolute atomic E-state index is 0.172. The Labute approximate surface area is 186 Å². The van der Waals surface area contributed by atoms with Crippen molar-refractivity contribution in [3.8, 4) is 0 Å². The Kier molecular flexibility index (Phi) is 5.44. The molecule has 2 aliphatic heterocycles. The predicted octanol–water partition coefficient (Wildman–Crippen LogP) is 4.80. The average molecular weight is 441 g/mol. The van der Waals surface area contributed by atoms with E-state index in [1.807, 2.05) is 25.1 Å². The largest absolute Gasteiger partial charge is 0.284 e. The normalized spacial score (nSPS) is 28.0.